The maximum atomic E-state index is 14.3. The van der Waals surface area contributed by atoms with Crippen molar-refractivity contribution in [1.29, 1.82) is 0 Å². The van der Waals surface area contributed by atoms with E-state index in [2.05, 4.69) is 4.98 Å². The van der Waals surface area contributed by atoms with Crippen LogP contribution in [0.25, 0.3) is 11.1 Å². The molecule has 1 aliphatic rings. The summed E-state index contributed by atoms with van der Waals surface area (Å²) in [6, 6.07) is 7.31. The van der Waals surface area contributed by atoms with Crippen molar-refractivity contribution in [1.82, 2.24) is 4.98 Å². The number of ether oxygens (including phenoxy) is 1. The first-order valence-corrected chi connectivity index (χ1v) is 6.75. The maximum Gasteiger partial charge on any atom is 0.414 e. The molecule has 3 rings (SSSR count). The summed E-state index contributed by atoms with van der Waals surface area (Å²) in [6.45, 7) is 0.509. The molecule has 1 aliphatic heterocycles. The van der Waals surface area contributed by atoms with E-state index in [1.165, 1.54) is 29.3 Å². The van der Waals surface area contributed by atoms with Gasteiger partial charge < -0.3 is 15.5 Å². The first-order chi connectivity index (χ1) is 10.6. The van der Waals surface area contributed by atoms with E-state index in [9.17, 15) is 14.0 Å². The van der Waals surface area contributed by atoms with Crippen LogP contribution in [0, 0.1) is 5.82 Å². The summed E-state index contributed by atoms with van der Waals surface area (Å²) in [6.07, 6.45) is 0.524. The first kappa shape index (κ1) is 14.3. The summed E-state index contributed by atoms with van der Waals surface area (Å²) >= 11 is 0. The summed E-state index contributed by atoms with van der Waals surface area (Å²) in [5, 5.41) is 0. The number of nitrogens with one attached hydrogen (secondary N) is 1. The van der Waals surface area contributed by atoms with E-state index in [1.54, 1.807) is 12.1 Å². The Morgan fingerprint density at radius 2 is 2.14 bits per heavy atom. The molecule has 1 atom stereocenters. The normalized spacial score (nSPS) is 17.6. The fourth-order valence-corrected chi connectivity index (χ4v) is 2.37. The average Bonchev–Trinajstić information content (AvgIpc) is 2.88. The van der Waals surface area contributed by atoms with Gasteiger partial charge in [-0.25, -0.2) is 9.18 Å². The van der Waals surface area contributed by atoms with Gasteiger partial charge in [-0.2, -0.15) is 0 Å². The number of anilines is 1. The van der Waals surface area contributed by atoms with Crippen molar-refractivity contribution in [3.8, 4) is 11.1 Å². The molecule has 7 heteroatoms. The third kappa shape index (κ3) is 2.58. The Balaban J connectivity index is 1.93. The SMILES string of the molecule is NC[C@H]1CN(c2ccc(-c3cc[nH]c(=O)c3)c(F)c2)C(=O)O1. The number of hydrogen-bond acceptors (Lipinski definition) is 4. The van der Waals surface area contributed by atoms with Crippen LogP contribution in [0.3, 0.4) is 0 Å². The molecule has 1 aromatic carbocycles. The number of aromatic nitrogens is 1. The Kier molecular flexibility index (Phi) is 3.64. The van der Waals surface area contributed by atoms with E-state index in [1.807, 2.05) is 0 Å². The standard InChI is InChI=1S/C15H14FN3O3/c16-13-6-10(19-8-11(7-17)22-15(19)21)1-2-12(13)9-3-4-18-14(20)5-9/h1-6,11H,7-8,17H2,(H,18,20)/t11-/m0/s1. The number of nitrogens with two attached hydrogens (primary N) is 1. The van der Waals surface area contributed by atoms with Gasteiger partial charge in [0, 0.05) is 24.4 Å². The highest BCUT2D eigenvalue weighted by Crippen LogP contribution is 2.28. The van der Waals surface area contributed by atoms with E-state index in [4.69, 9.17) is 10.5 Å². The van der Waals surface area contributed by atoms with Gasteiger partial charge in [0.2, 0.25) is 5.56 Å². The lowest BCUT2D eigenvalue weighted by Gasteiger charge is -2.14. The monoisotopic (exact) mass is 303 g/mol. The topological polar surface area (TPSA) is 88.4 Å². The van der Waals surface area contributed by atoms with E-state index >= 15 is 0 Å². The zero-order chi connectivity index (χ0) is 15.7. The van der Waals surface area contributed by atoms with Crippen LogP contribution in [0.2, 0.25) is 0 Å². The molecule has 6 nitrogen and oxygen atoms in total. The third-order valence-corrected chi connectivity index (χ3v) is 3.49. The molecule has 0 unspecified atom stereocenters. The number of pyridine rings is 1. The maximum absolute atomic E-state index is 14.3. The van der Waals surface area contributed by atoms with Crippen molar-refractivity contribution in [2.45, 2.75) is 6.10 Å². The summed E-state index contributed by atoms with van der Waals surface area (Å²) in [5.74, 6) is -0.521. The number of H-pyrrole nitrogens is 1. The molecular formula is C15H14FN3O3. The van der Waals surface area contributed by atoms with Crippen molar-refractivity contribution in [2.24, 2.45) is 5.73 Å². The lowest BCUT2D eigenvalue weighted by atomic mass is 10.1. The molecule has 0 spiro atoms. The highest BCUT2D eigenvalue weighted by Gasteiger charge is 2.31. The number of aromatic amines is 1. The molecular weight excluding hydrogens is 289 g/mol. The summed E-state index contributed by atoms with van der Waals surface area (Å²) < 4.78 is 19.4. The molecule has 1 saturated heterocycles. The van der Waals surface area contributed by atoms with Gasteiger partial charge in [0.15, 0.2) is 0 Å². The zero-order valence-corrected chi connectivity index (χ0v) is 11.6. The predicted molar refractivity (Wildman–Crippen MR) is 79.1 cm³/mol. The summed E-state index contributed by atoms with van der Waals surface area (Å²) in [7, 11) is 0. The van der Waals surface area contributed by atoms with Crippen LogP contribution in [0.1, 0.15) is 0 Å². The number of carbonyl (C=O) groups is 1. The summed E-state index contributed by atoms with van der Waals surface area (Å²) in [5.41, 5.74) is 6.31. The van der Waals surface area contributed by atoms with Crippen molar-refractivity contribution in [2.75, 3.05) is 18.0 Å². The second-order valence-corrected chi connectivity index (χ2v) is 4.96. The van der Waals surface area contributed by atoms with E-state index in [0.717, 1.165) is 0 Å². The van der Waals surface area contributed by atoms with Crippen molar-refractivity contribution in [3.05, 3.63) is 52.7 Å². The molecule has 1 fully saturated rings. The van der Waals surface area contributed by atoms with Crippen LogP contribution in [0.5, 0.6) is 0 Å². The third-order valence-electron chi connectivity index (χ3n) is 3.49. The molecule has 1 amide bonds. The smallest absolute Gasteiger partial charge is 0.414 e. The van der Waals surface area contributed by atoms with E-state index in [-0.39, 0.29) is 23.8 Å². The van der Waals surface area contributed by atoms with E-state index < -0.39 is 11.9 Å². The number of halogens is 1. The molecule has 0 aliphatic carbocycles. The minimum Gasteiger partial charge on any atom is -0.443 e. The Hall–Kier alpha value is -2.67. The van der Waals surface area contributed by atoms with Gasteiger partial charge in [-0.05, 0) is 29.8 Å². The van der Waals surface area contributed by atoms with Crippen LogP contribution in [0.4, 0.5) is 14.9 Å². The molecule has 114 valence electrons. The molecule has 3 N–H and O–H groups in total. The number of amides is 1. The van der Waals surface area contributed by atoms with Gasteiger partial charge >= 0.3 is 6.09 Å². The Morgan fingerprint density at radius 1 is 1.32 bits per heavy atom. The molecule has 2 heterocycles. The number of hydrogen-bond donors (Lipinski definition) is 2. The van der Waals surface area contributed by atoms with Crippen LogP contribution in [-0.2, 0) is 4.74 Å². The van der Waals surface area contributed by atoms with Gasteiger partial charge in [0.25, 0.3) is 0 Å². The van der Waals surface area contributed by atoms with Crippen molar-refractivity contribution < 1.29 is 13.9 Å². The second-order valence-electron chi connectivity index (χ2n) is 4.96. The lowest BCUT2D eigenvalue weighted by Crippen LogP contribution is -2.27. The minimum atomic E-state index is -0.543. The van der Waals surface area contributed by atoms with Crippen molar-refractivity contribution in [3.63, 3.8) is 0 Å². The van der Waals surface area contributed by atoms with Gasteiger partial charge in [-0.1, -0.05) is 0 Å². The molecule has 1 aromatic heterocycles. The largest absolute Gasteiger partial charge is 0.443 e. The van der Waals surface area contributed by atoms with Crippen LogP contribution < -0.4 is 16.2 Å². The number of nitrogens with zero attached hydrogens (tertiary/aromatic N) is 1. The molecule has 22 heavy (non-hydrogen) atoms. The average molecular weight is 303 g/mol. The van der Waals surface area contributed by atoms with Crippen molar-refractivity contribution >= 4 is 11.8 Å². The highest BCUT2D eigenvalue weighted by molar-refractivity contribution is 5.90. The van der Waals surface area contributed by atoms with E-state index in [0.29, 0.717) is 17.8 Å². The fourth-order valence-electron chi connectivity index (χ4n) is 2.37. The molecule has 0 bridgehead atoms. The van der Waals surface area contributed by atoms with Crippen LogP contribution in [0.15, 0.2) is 41.3 Å². The van der Waals surface area contributed by atoms with Gasteiger partial charge in [0.1, 0.15) is 11.9 Å². The second kappa shape index (κ2) is 5.61. The Bertz CT molecular complexity index is 775. The quantitative estimate of drug-likeness (QED) is 0.898. The Labute approximate surface area is 125 Å². The first-order valence-electron chi connectivity index (χ1n) is 6.75. The molecule has 0 saturated carbocycles. The number of cyclic esters (lactones) is 1. The van der Waals surface area contributed by atoms with Gasteiger partial charge in [-0.3, -0.25) is 9.69 Å². The zero-order valence-electron chi connectivity index (χ0n) is 11.6. The highest BCUT2D eigenvalue weighted by atomic mass is 19.1. The van der Waals surface area contributed by atoms with Gasteiger partial charge in [-0.15, -0.1) is 0 Å². The minimum absolute atomic E-state index is 0.218. The predicted octanol–water partition coefficient (Wildman–Crippen LogP) is 1.46. The van der Waals surface area contributed by atoms with Crippen LogP contribution >= 0.6 is 0 Å². The molecule has 0 radical (unpaired) electrons. The number of benzene rings is 1. The Morgan fingerprint density at radius 3 is 2.77 bits per heavy atom. The summed E-state index contributed by atoms with van der Waals surface area (Å²) in [4.78, 5) is 26.8. The van der Waals surface area contributed by atoms with Gasteiger partial charge in [0.05, 0.1) is 12.2 Å². The fraction of sp³-hybridized carbons (Fsp3) is 0.200. The van der Waals surface area contributed by atoms with Crippen LogP contribution in [-0.4, -0.2) is 30.3 Å². The molecule has 2 aromatic rings. The lowest BCUT2D eigenvalue weighted by molar-refractivity contribution is 0.145. The number of rotatable bonds is 3. The number of carbonyl (C=O) groups excluding carboxylic acids is 1.